The van der Waals surface area contributed by atoms with E-state index in [-0.39, 0.29) is 5.95 Å². The van der Waals surface area contributed by atoms with Gasteiger partial charge in [0, 0.05) is 7.05 Å². The molecule has 1 aromatic rings. The Kier molecular flexibility index (Phi) is 0.714. The summed E-state index contributed by atoms with van der Waals surface area (Å²) in [7, 11) is 1.71. The molecular formula is C3H5N4. The van der Waals surface area contributed by atoms with E-state index in [9.17, 15) is 0 Å². The topological polar surface area (TPSA) is 56.7 Å². The number of nitrogens with zero attached hydrogens (tertiary/aromatic N) is 3. The van der Waals surface area contributed by atoms with E-state index in [0.29, 0.717) is 0 Å². The number of aryl methyl sites for hydroxylation is 1. The lowest BCUT2D eigenvalue weighted by atomic mass is 11.1. The summed E-state index contributed by atoms with van der Waals surface area (Å²) < 4.78 is 1.43. The molecule has 1 aromatic heterocycles. The van der Waals surface area contributed by atoms with Gasteiger partial charge in [-0.15, -0.1) is 5.10 Å². The highest BCUT2D eigenvalue weighted by Gasteiger charge is 1.85. The molecule has 0 saturated heterocycles. The van der Waals surface area contributed by atoms with Crippen LogP contribution in [0.1, 0.15) is 0 Å². The second-order valence-corrected chi connectivity index (χ2v) is 1.19. The average Bonchev–Trinajstić information content (AvgIpc) is 1.87. The van der Waals surface area contributed by atoms with E-state index in [4.69, 9.17) is 5.73 Å². The van der Waals surface area contributed by atoms with Crippen molar-refractivity contribution in [2.45, 2.75) is 0 Å². The molecule has 7 heavy (non-hydrogen) atoms. The van der Waals surface area contributed by atoms with Crippen molar-refractivity contribution in [2.75, 3.05) is 5.73 Å². The van der Waals surface area contributed by atoms with Crippen molar-refractivity contribution >= 4 is 5.95 Å². The summed E-state index contributed by atoms with van der Waals surface area (Å²) >= 11 is 0. The Morgan fingerprint density at radius 2 is 2.57 bits per heavy atom. The Labute approximate surface area is 41.0 Å². The zero-order valence-corrected chi connectivity index (χ0v) is 3.92. The van der Waals surface area contributed by atoms with Crippen molar-refractivity contribution < 1.29 is 0 Å². The molecule has 0 spiro atoms. The summed E-state index contributed by atoms with van der Waals surface area (Å²) in [6, 6.07) is 0. The van der Waals surface area contributed by atoms with Gasteiger partial charge in [-0.3, -0.25) is 0 Å². The number of hydrogen-bond acceptors (Lipinski definition) is 3. The number of hydrogen-bond donors (Lipinski definition) is 1. The summed E-state index contributed by atoms with van der Waals surface area (Å²) in [6.07, 6.45) is 2.50. The first-order chi connectivity index (χ1) is 3.29. The molecule has 0 aliphatic carbocycles. The highest BCUT2D eigenvalue weighted by atomic mass is 15.3. The van der Waals surface area contributed by atoms with Crippen LogP contribution in [0.2, 0.25) is 0 Å². The lowest BCUT2D eigenvalue weighted by molar-refractivity contribution is 0.762. The molecule has 0 unspecified atom stereocenters. The molecule has 4 heteroatoms. The van der Waals surface area contributed by atoms with Gasteiger partial charge in [-0.25, -0.2) is 4.68 Å². The van der Waals surface area contributed by atoms with Crippen molar-refractivity contribution in [3.8, 4) is 0 Å². The Hall–Kier alpha value is -1.06. The molecule has 0 bridgehead atoms. The minimum atomic E-state index is 0.266. The minimum absolute atomic E-state index is 0.266. The molecule has 0 saturated carbocycles. The van der Waals surface area contributed by atoms with Crippen molar-refractivity contribution in [2.24, 2.45) is 7.05 Å². The van der Waals surface area contributed by atoms with Gasteiger partial charge in [0.2, 0.25) is 5.95 Å². The second kappa shape index (κ2) is 1.22. The van der Waals surface area contributed by atoms with Crippen LogP contribution in [0.4, 0.5) is 5.95 Å². The molecular weight excluding hydrogens is 92.1 g/mol. The number of anilines is 1. The monoisotopic (exact) mass is 97.1 g/mol. The van der Waals surface area contributed by atoms with Crippen molar-refractivity contribution in [1.29, 1.82) is 0 Å². The molecule has 0 atom stereocenters. The predicted molar refractivity (Wildman–Crippen MR) is 24.3 cm³/mol. The first kappa shape index (κ1) is 4.11. The minimum Gasteiger partial charge on any atom is -0.366 e. The Balaban J connectivity index is 3.04. The van der Waals surface area contributed by atoms with E-state index in [1.54, 1.807) is 7.05 Å². The van der Waals surface area contributed by atoms with Crippen LogP contribution >= 0.6 is 0 Å². The fraction of sp³-hybridized carbons (Fsp3) is 0.333. The molecule has 0 aliphatic heterocycles. The van der Waals surface area contributed by atoms with Gasteiger partial charge >= 0.3 is 0 Å². The van der Waals surface area contributed by atoms with Gasteiger partial charge in [-0.2, -0.15) is 4.98 Å². The molecule has 37 valence electrons. The third-order valence-corrected chi connectivity index (χ3v) is 0.562. The number of aromatic nitrogens is 3. The smallest absolute Gasteiger partial charge is 0.240 e. The van der Waals surface area contributed by atoms with Gasteiger partial charge < -0.3 is 5.73 Å². The van der Waals surface area contributed by atoms with Gasteiger partial charge in [-0.05, 0) is 0 Å². The fourth-order valence-corrected chi connectivity index (χ4v) is 0.322. The third kappa shape index (κ3) is 0.677. The lowest BCUT2D eigenvalue weighted by Gasteiger charge is -1.75. The zero-order chi connectivity index (χ0) is 5.28. The summed E-state index contributed by atoms with van der Waals surface area (Å²) in [4.78, 5) is 3.52. The van der Waals surface area contributed by atoms with E-state index in [1.165, 1.54) is 4.68 Å². The Morgan fingerprint density at radius 3 is 2.71 bits per heavy atom. The highest BCUT2D eigenvalue weighted by molar-refractivity contribution is 5.08. The molecule has 4 nitrogen and oxygen atoms in total. The standard InChI is InChI=1S/C3H5N4/c1-7-2-5-3(4)6-7/h1H3,(H2,4,6). The van der Waals surface area contributed by atoms with Gasteiger partial charge in [-0.1, -0.05) is 0 Å². The summed E-state index contributed by atoms with van der Waals surface area (Å²) in [5.74, 6) is 0.266. The number of nitrogens with two attached hydrogens (primary N) is 1. The first-order valence-corrected chi connectivity index (χ1v) is 1.83. The maximum absolute atomic E-state index is 5.10. The molecule has 1 heterocycles. The zero-order valence-electron chi connectivity index (χ0n) is 3.92. The first-order valence-electron chi connectivity index (χ1n) is 1.83. The van der Waals surface area contributed by atoms with Crippen molar-refractivity contribution in [3.05, 3.63) is 6.33 Å². The van der Waals surface area contributed by atoms with Gasteiger partial charge in [0.15, 0.2) is 6.33 Å². The van der Waals surface area contributed by atoms with Crippen LogP contribution in [0, 0.1) is 6.33 Å². The van der Waals surface area contributed by atoms with Crippen LogP contribution in [0.25, 0.3) is 0 Å². The average molecular weight is 97.1 g/mol. The lowest BCUT2D eigenvalue weighted by Crippen LogP contribution is -1.90. The quantitative estimate of drug-likeness (QED) is 0.461. The molecule has 2 N–H and O–H groups in total. The van der Waals surface area contributed by atoms with E-state index in [0.717, 1.165) is 0 Å². The van der Waals surface area contributed by atoms with Crippen LogP contribution in [0.5, 0.6) is 0 Å². The number of nitrogen functional groups attached to an aromatic ring is 1. The van der Waals surface area contributed by atoms with Crippen LogP contribution in [-0.4, -0.2) is 14.8 Å². The van der Waals surface area contributed by atoms with Crippen LogP contribution in [-0.2, 0) is 7.05 Å². The molecule has 1 rings (SSSR count). The van der Waals surface area contributed by atoms with Gasteiger partial charge in [0.1, 0.15) is 0 Å². The Morgan fingerprint density at radius 1 is 1.86 bits per heavy atom. The molecule has 0 fully saturated rings. The maximum atomic E-state index is 5.10. The van der Waals surface area contributed by atoms with E-state index >= 15 is 0 Å². The summed E-state index contributed by atoms with van der Waals surface area (Å²) in [5.41, 5.74) is 5.10. The van der Waals surface area contributed by atoms with Gasteiger partial charge in [0.25, 0.3) is 0 Å². The van der Waals surface area contributed by atoms with Crippen LogP contribution < -0.4 is 5.73 Å². The predicted octanol–water partition coefficient (Wildman–Crippen LogP) is -0.803. The van der Waals surface area contributed by atoms with Gasteiger partial charge in [0.05, 0.1) is 0 Å². The molecule has 0 aliphatic rings. The molecule has 0 aromatic carbocycles. The van der Waals surface area contributed by atoms with E-state index in [1.807, 2.05) is 0 Å². The van der Waals surface area contributed by atoms with Crippen molar-refractivity contribution in [1.82, 2.24) is 14.8 Å². The second-order valence-electron chi connectivity index (χ2n) is 1.19. The normalized spacial score (nSPS) is 9.29. The fourth-order valence-electron chi connectivity index (χ4n) is 0.322. The SMILES string of the molecule is Cn1[c]nc(N)n1. The summed E-state index contributed by atoms with van der Waals surface area (Å²) in [5, 5.41) is 3.64. The van der Waals surface area contributed by atoms with E-state index in [2.05, 4.69) is 16.4 Å². The number of rotatable bonds is 0. The Bertz CT molecular complexity index is 139. The van der Waals surface area contributed by atoms with Crippen molar-refractivity contribution in [3.63, 3.8) is 0 Å². The molecule has 1 radical (unpaired) electrons. The maximum Gasteiger partial charge on any atom is 0.240 e. The van der Waals surface area contributed by atoms with E-state index < -0.39 is 0 Å². The largest absolute Gasteiger partial charge is 0.366 e. The third-order valence-electron chi connectivity index (χ3n) is 0.562. The molecule has 0 amide bonds. The summed E-state index contributed by atoms with van der Waals surface area (Å²) in [6.45, 7) is 0. The van der Waals surface area contributed by atoms with Crippen LogP contribution in [0.15, 0.2) is 0 Å². The van der Waals surface area contributed by atoms with Crippen LogP contribution in [0.3, 0.4) is 0 Å². The highest BCUT2D eigenvalue weighted by Crippen LogP contribution is 1.81.